The van der Waals surface area contributed by atoms with Gasteiger partial charge >= 0.3 is 0 Å². The maximum atomic E-state index is 6.19. The Balaban J connectivity index is 1.81. The van der Waals surface area contributed by atoms with Crippen LogP contribution in [0, 0.1) is 6.92 Å². The first kappa shape index (κ1) is 16.2. The lowest BCUT2D eigenvalue weighted by Crippen LogP contribution is -2.12. The standard InChI is InChI=1S/C16H14Cl2N4S/c1-10-4-2-3-5-13(10)15-20-21-16(22(15)19)23-9-11-6-7-12(17)8-14(11)18/h2-8H,9,19H2,1H3. The molecule has 2 aromatic carbocycles. The molecule has 23 heavy (non-hydrogen) atoms. The molecule has 0 radical (unpaired) electrons. The van der Waals surface area contributed by atoms with Gasteiger partial charge in [-0.2, -0.15) is 0 Å². The molecule has 1 aromatic heterocycles. The van der Waals surface area contributed by atoms with E-state index in [0.29, 0.717) is 26.8 Å². The molecule has 1 heterocycles. The summed E-state index contributed by atoms with van der Waals surface area (Å²) in [7, 11) is 0. The van der Waals surface area contributed by atoms with Crippen molar-refractivity contribution in [3.05, 3.63) is 63.6 Å². The maximum absolute atomic E-state index is 6.19. The first-order chi connectivity index (χ1) is 11.1. The maximum Gasteiger partial charge on any atom is 0.210 e. The van der Waals surface area contributed by atoms with Crippen molar-refractivity contribution in [2.45, 2.75) is 17.8 Å². The molecule has 0 aliphatic carbocycles. The molecule has 0 aliphatic rings. The molecule has 0 saturated heterocycles. The fourth-order valence-electron chi connectivity index (χ4n) is 2.16. The van der Waals surface area contributed by atoms with Gasteiger partial charge in [0.1, 0.15) is 0 Å². The van der Waals surface area contributed by atoms with Crippen LogP contribution in [0.15, 0.2) is 47.6 Å². The van der Waals surface area contributed by atoms with E-state index in [1.165, 1.54) is 16.4 Å². The van der Waals surface area contributed by atoms with Crippen LogP contribution >= 0.6 is 35.0 Å². The van der Waals surface area contributed by atoms with Gasteiger partial charge in [0, 0.05) is 21.4 Å². The van der Waals surface area contributed by atoms with Crippen LogP contribution in [0.3, 0.4) is 0 Å². The van der Waals surface area contributed by atoms with Gasteiger partial charge in [0.25, 0.3) is 0 Å². The average Bonchev–Trinajstić information content (AvgIpc) is 2.88. The molecule has 0 unspecified atom stereocenters. The summed E-state index contributed by atoms with van der Waals surface area (Å²) in [6.45, 7) is 2.02. The van der Waals surface area contributed by atoms with Crippen LogP contribution < -0.4 is 5.84 Å². The third kappa shape index (κ3) is 3.47. The molecule has 2 N–H and O–H groups in total. The number of nitrogen functional groups attached to an aromatic ring is 1. The predicted molar refractivity (Wildman–Crippen MR) is 96.4 cm³/mol. The number of nitrogens with zero attached hydrogens (tertiary/aromatic N) is 3. The zero-order valence-electron chi connectivity index (χ0n) is 12.3. The predicted octanol–water partition coefficient (Wildman–Crippen LogP) is 4.57. The zero-order chi connectivity index (χ0) is 16.4. The highest BCUT2D eigenvalue weighted by molar-refractivity contribution is 7.98. The van der Waals surface area contributed by atoms with Crippen molar-refractivity contribution in [1.82, 2.24) is 14.9 Å². The second kappa shape index (κ2) is 6.83. The van der Waals surface area contributed by atoms with E-state index < -0.39 is 0 Å². The van der Waals surface area contributed by atoms with E-state index in [4.69, 9.17) is 29.0 Å². The van der Waals surface area contributed by atoms with E-state index in [1.807, 2.05) is 43.3 Å². The van der Waals surface area contributed by atoms with E-state index in [1.54, 1.807) is 6.07 Å². The minimum absolute atomic E-state index is 0.618. The lowest BCUT2D eigenvalue weighted by atomic mass is 10.1. The van der Waals surface area contributed by atoms with Crippen LogP contribution in [-0.2, 0) is 5.75 Å². The SMILES string of the molecule is Cc1ccccc1-c1nnc(SCc2ccc(Cl)cc2Cl)n1N. The van der Waals surface area contributed by atoms with E-state index in [2.05, 4.69) is 10.2 Å². The average molecular weight is 365 g/mol. The molecule has 0 saturated carbocycles. The summed E-state index contributed by atoms with van der Waals surface area (Å²) in [5.41, 5.74) is 3.05. The molecule has 7 heteroatoms. The molecule has 3 aromatic rings. The Morgan fingerprint density at radius 3 is 2.65 bits per heavy atom. The van der Waals surface area contributed by atoms with Crippen LogP contribution in [0.4, 0.5) is 0 Å². The molecular weight excluding hydrogens is 351 g/mol. The highest BCUT2D eigenvalue weighted by atomic mass is 35.5. The second-order valence-electron chi connectivity index (χ2n) is 5.02. The number of hydrogen-bond acceptors (Lipinski definition) is 4. The van der Waals surface area contributed by atoms with Gasteiger partial charge in [0.15, 0.2) is 5.82 Å². The summed E-state index contributed by atoms with van der Waals surface area (Å²) in [6.07, 6.45) is 0. The Hall–Kier alpha value is -1.69. The number of hydrogen-bond donors (Lipinski definition) is 1. The highest BCUT2D eigenvalue weighted by Crippen LogP contribution is 2.29. The molecule has 0 aliphatic heterocycles. The summed E-state index contributed by atoms with van der Waals surface area (Å²) < 4.78 is 1.51. The van der Waals surface area contributed by atoms with Gasteiger partial charge in [-0.15, -0.1) is 10.2 Å². The molecule has 0 bridgehead atoms. The Kier molecular flexibility index (Phi) is 4.80. The van der Waals surface area contributed by atoms with E-state index in [9.17, 15) is 0 Å². The summed E-state index contributed by atoms with van der Waals surface area (Å²) in [4.78, 5) is 0. The van der Waals surface area contributed by atoms with Crippen molar-refractivity contribution in [1.29, 1.82) is 0 Å². The summed E-state index contributed by atoms with van der Waals surface area (Å²) in [5, 5.41) is 10.3. The number of nitrogens with two attached hydrogens (primary N) is 1. The quantitative estimate of drug-likeness (QED) is 0.544. The van der Waals surface area contributed by atoms with E-state index >= 15 is 0 Å². The minimum Gasteiger partial charge on any atom is -0.335 e. The number of aryl methyl sites for hydroxylation is 1. The molecule has 3 rings (SSSR count). The van der Waals surface area contributed by atoms with Gasteiger partial charge in [0.05, 0.1) is 0 Å². The summed E-state index contributed by atoms with van der Waals surface area (Å²) in [5.74, 6) is 7.43. The van der Waals surface area contributed by atoms with E-state index in [0.717, 1.165) is 16.7 Å². The van der Waals surface area contributed by atoms with Gasteiger partial charge in [-0.05, 0) is 30.2 Å². The number of rotatable bonds is 4. The van der Waals surface area contributed by atoms with E-state index in [-0.39, 0.29) is 0 Å². The smallest absolute Gasteiger partial charge is 0.210 e. The van der Waals surface area contributed by atoms with Gasteiger partial charge in [-0.1, -0.05) is 65.3 Å². The number of thioether (sulfide) groups is 1. The molecule has 118 valence electrons. The molecular formula is C16H14Cl2N4S. The van der Waals surface area contributed by atoms with Gasteiger partial charge < -0.3 is 5.84 Å². The Morgan fingerprint density at radius 1 is 1.13 bits per heavy atom. The normalized spacial score (nSPS) is 10.9. The summed E-state index contributed by atoms with van der Waals surface area (Å²) >= 11 is 13.6. The highest BCUT2D eigenvalue weighted by Gasteiger charge is 2.14. The lowest BCUT2D eigenvalue weighted by molar-refractivity contribution is 0.849. The summed E-state index contributed by atoms with van der Waals surface area (Å²) in [6, 6.07) is 13.4. The number of aromatic nitrogens is 3. The Morgan fingerprint density at radius 2 is 1.91 bits per heavy atom. The van der Waals surface area contributed by atoms with Crippen molar-refractivity contribution < 1.29 is 0 Å². The monoisotopic (exact) mass is 364 g/mol. The molecule has 0 amide bonds. The molecule has 0 fully saturated rings. The molecule has 0 spiro atoms. The van der Waals surface area contributed by atoms with Gasteiger partial charge in [-0.3, -0.25) is 0 Å². The third-order valence-electron chi connectivity index (χ3n) is 3.42. The van der Waals surface area contributed by atoms with Gasteiger partial charge in [0.2, 0.25) is 5.16 Å². The largest absolute Gasteiger partial charge is 0.335 e. The first-order valence-electron chi connectivity index (χ1n) is 6.89. The van der Waals surface area contributed by atoms with Crippen molar-refractivity contribution in [3.8, 4) is 11.4 Å². The van der Waals surface area contributed by atoms with Crippen molar-refractivity contribution in [2.75, 3.05) is 5.84 Å². The zero-order valence-corrected chi connectivity index (χ0v) is 14.7. The van der Waals surface area contributed by atoms with Crippen molar-refractivity contribution in [2.24, 2.45) is 0 Å². The molecule has 0 atom stereocenters. The fourth-order valence-corrected chi connectivity index (χ4v) is 3.58. The van der Waals surface area contributed by atoms with Crippen LogP contribution in [0.2, 0.25) is 10.0 Å². The first-order valence-corrected chi connectivity index (χ1v) is 8.63. The minimum atomic E-state index is 0.618. The van der Waals surface area contributed by atoms with Crippen LogP contribution in [0.5, 0.6) is 0 Å². The second-order valence-corrected chi connectivity index (χ2v) is 6.80. The Labute approximate surface area is 148 Å². The van der Waals surface area contributed by atoms with Crippen LogP contribution in [0.25, 0.3) is 11.4 Å². The fraction of sp³-hybridized carbons (Fsp3) is 0.125. The van der Waals surface area contributed by atoms with Gasteiger partial charge in [-0.25, -0.2) is 4.68 Å². The number of halogens is 2. The van der Waals surface area contributed by atoms with Crippen LogP contribution in [-0.4, -0.2) is 14.9 Å². The van der Waals surface area contributed by atoms with Crippen molar-refractivity contribution in [3.63, 3.8) is 0 Å². The third-order valence-corrected chi connectivity index (χ3v) is 5.00. The van der Waals surface area contributed by atoms with Crippen molar-refractivity contribution >= 4 is 35.0 Å². The molecule has 4 nitrogen and oxygen atoms in total. The Bertz CT molecular complexity index is 848. The number of benzene rings is 2. The topological polar surface area (TPSA) is 56.7 Å². The lowest BCUT2D eigenvalue weighted by Gasteiger charge is -2.07. The van der Waals surface area contributed by atoms with Crippen LogP contribution in [0.1, 0.15) is 11.1 Å².